The maximum atomic E-state index is 12.3. The molecule has 0 fully saturated rings. The smallest absolute Gasteiger partial charge is 0.356 e. The van der Waals surface area contributed by atoms with Crippen LogP contribution in [0.4, 0.5) is 0 Å². The van der Waals surface area contributed by atoms with Crippen LogP contribution in [0.2, 0.25) is 0 Å². The molecule has 0 atom stereocenters. The minimum atomic E-state index is -1.18. The number of benzene rings is 1. The molecule has 2 heterocycles. The van der Waals surface area contributed by atoms with Gasteiger partial charge in [0.15, 0.2) is 11.5 Å². The van der Waals surface area contributed by atoms with Crippen LogP contribution in [0.3, 0.4) is 0 Å². The summed E-state index contributed by atoms with van der Waals surface area (Å²) in [6.45, 7) is 0.665. The molecule has 1 aromatic heterocycles. The molecule has 3 rings (SSSR count). The lowest BCUT2D eigenvalue weighted by Gasteiger charge is -2.26. The number of carboxylic acids is 1. The van der Waals surface area contributed by atoms with Gasteiger partial charge in [0.1, 0.15) is 5.69 Å². The van der Waals surface area contributed by atoms with Crippen molar-refractivity contribution in [2.75, 3.05) is 13.1 Å². The Morgan fingerprint density at radius 1 is 1.18 bits per heavy atom. The van der Waals surface area contributed by atoms with Gasteiger partial charge in [-0.15, -0.1) is 0 Å². The highest BCUT2D eigenvalue weighted by molar-refractivity contribution is 6.02. The molecule has 2 aromatic rings. The number of hydrogen-bond acceptors (Lipinski definition) is 4. The number of fused-ring (bicyclic) bond motifs is 1. The summed E-state index contributed by atoms with van der Waals surface area (Å²) >= 11 is 0. The molecule has 1 aliphatic rings. The van der Waals surface area contributed by atoms with Crippen molar-refractivity contribution in [3.8, 4) is 0 Å². The Balaban J connectivity index is 1.78. The van der Waals surface area contributed by atoms with Gasteiger partial charge in [0.25, 0.3) is 5.91 Å². The number of carbonyl (C=O) groups excluding carboxylic acids is 2. The van der Waals surface area contributed by atoms with E-state index in [0.29, 0.717) is 18.7 Å². The van der Waals surface area contributed by atoms with E-state index < -0.39 is 5.97 Å². The summed E-state index contributed by atoms with van der Waals surface area (Å²) in [7, 11) is 0. The zero-order chi connectivity index (χ0) is 15.7. The van der Waals surface area contributed by atoms with E-state index in [1.165, 1.54) is 15.6 Å². The summed E-state index contributed by atoms with van der Waals surface area (Å²) in [5, 5.41) is 12.8. The van der Waals surface area contributed by atoms with Crippen LogP contribution in [-0.2, 0) is 6.54 Å². The normalized spacial score (nSPS) is 13.8. The van der Waals surface area contributed by atoms with E-state index >= 15 is 0 Å². The molecule has 1 N–H and O–H groups in total. The lowest BCUT2D eigenvalue weighted by molar-refractivity contribution is 0.0655. The van der Waals surface area contributed by atoms with E-state index in [9.17, 15) is 14.4 Å². The van der Waals surface area contributed by atoms with Crippen LogP contribution in [0.25, 0.3) is 0 Å². The van der Waals surface area contributed by atoms with Crippen LogP contribution in [0.15, 0.2) is 36.4 Å². The highest BCUT2D eigenvalue weighted by Crippen LogP contribution is 2.14. The molecular formula is C15H13N3O4. The number of aromatic carboxylic acids is 1. The third-order valence-electron chi connectivity index (χ3n) is 3.52. The average Bonchev–Trinajstić information content (AvgIpc) is 2.96. The summed E-state index contributed by atoms with van der Waals surface area (Å²) < 4.78 is 1.37. The molecule has 0 unspecified atom stereocenters. The molecule has 1 aromatic carbocycles. The van der Waals surface area contributed by atoms with Gasteiger partial charge in [-0.25, -0.2) is 4.79 Å². The third-order valence-corrected chi connectivity index (χ3v) is 3.52. The molecule has 0 saturated carbocycles. The second-order valence-electron chi connectivity index (χ2n) is 4.96. The first-order valence-electron chi connectivity index (χ1n) is 6.75. The van der Waals surface area contributed by atoms with Gasteiger partial charge in [-0.05, 0) is 0 Å². The summed E-state index contributed by atoms with van der Waals surface area (Å²) in [6.07, 6.45) is 0. The Hall–Kier alpha value is -2.96. The Kier molecular flexibility index (Phi) is 3.46. The molecule has 1 aliphatic heterocycles. The van der Waals surface area contributed by atoms with Gasteiger partial charge in [0.2, 0.25) is 0 Å². The number of ketones is 1. The predicted octanol–water partition coefficient (Wildman–Crippen LogP) is 0.920. The molecule has 0 saturated heterocycles. The van der Waals surface area contributed by atoms with Gasteiger partial charge >= 0.3 is 5.97 Å². The van der Waals surface area contributed by atoms with Gasteiger partial charge in [0.05, 0.1) is 13.1 Å². The summed E-state index contributed by atoms with van der Waals surface area (Å²) in [6, 6.07) is 9.98. The molecule has 22 heavy (non-hydrogen) atoms. The summed E-state index contributed by atoms with van der Waals surface area (Å²) in [5.74, 6) is -1.71. The van der Waals surface area contributed by atoms with Crippen molar-refractivity contribution >= 4 is 17.7 Å². The van der Waals surface area contributed by atoms with Gasteiger partial charge in [-0.1, -0.05) is 30.3 Å². The van der Waals surface area contributed by atoms with Gasteiger partial charge in [-0.3, -0.25) is 14.3 Å². The minimum absolute atomic E-state index is 0.0313. The minimum Gasteiger partial charge on any atom is -0.476 e. The first-order chi connectivity index (χ1) is 10.6. The number of Topliss-reactive ketones (excluding diaryl/α,β-unsaturated/α-hetero) is 1. The summed E-state index contributed by atoms with van der Waals surface area (Å²) in [5.41, 5.74) is 0.574. The Labute approximate surface area is 125 Å². The number of nitrogens with zero attached hydrogens (tertiary/aromatic N) is 3. The Morgan fingerprint density at radius 3 is 2.59 bits per heavy atom. The predicted molar refractivity (Wildman–Crippen MR) is 75.9 cm³/mol. The highest BCUT2D eigenvalue weighted by Gasteiger charge is 2.29. The third kappa shape index (κ3) is 2.48. The lowest BCUT2D eigenvalue weighted by atomic mass is 10.1. The molecule has 112 valence electrons. The number of rotatable bonds is 4. The Bertz CT molecular complexity index is 751. The number of carboxylic acid groups (broad SMARTS) is 1. The number of carbonyl (C=O) groups is 3. The van der Waals surface area contributed by atoms with Crippen LogP contribution >= 0.6 is 0 Å². The maximum Gasteiger partial charge on any atom is 0.356 e. The molecule has 1 amide bonds. The van der Waals surface area contributed by atoms with E-state index in [0.717, 1.165) is 0 Å². The van der Waals surface area contributed by atoms with Crippen molar-refractivity contribution in [1.29, 1.82) is 0 Å². The second kappa shape index (κ2) is 5.44. The zero-order valence-electron chi connectivity index (χ0n) is 11.6. The molecule has 7 nitrogen and oxygen atoms in total. The van der Waals surface area contributed by atoms with Crippen LogP contribution in [0, 0.1) is 0 Å². The van der Waals surface area contributed by atoms with E-state index in [1.807, 2.05) is 6.07 Å². The molecule has 0 spiro atoms. The SMILES string of the molecule is O=C(CN1CCn2nc(C(=O)O)cc2C1=O)c1ccccc1. The van der Waals surface area contributed by atoms with Crippen molar-refractivity contribution in [1.82, 2.24) is 14.7 Å². The van der Waals surface area contributed by atoms with Crippen LogP contribution in [0.5, 0.6) is 0 Å². The van der Waals surface area contributed by atoms with Crippen LogP contribution < -0.4 is 0 Å². The molecule has 7 heteroatoms. The molecule has 0 aliphatic carbocycles. The fraction of sp³-hybridized carbons (Fsp3) is 0.200. The maximum absolute atomic E-state index is 12.3. The lowest BCUT2D eigenvalue weighted by Crippen LogP contribution is -2.43. The number of aromatic nitrogens is 2. The van der Waals surface area contributed by atoms with E-state index in [4.69, 9.17) is 5.11 Å². The van der Waals surface area contributed by atoms with Crippen molar-refractivity contribution < 1.29 is 19.5 Å². The fourth-order valence-corrected chi connectivity index (χ4v) is 2.38. The molecule has 0 radical (unpaired) electrons. The second-order valence-corrected chi connectivity index (χ2v) is 4.96. The average molecular weight is 299 g/mol. The number of amides is 1. The van der Waals surface area contributed by atoms with E-state index in [1.54, 1.807) is 24.3 Å². The van der Waals surface area contributed by atoms with Crippen molar-refractivity contribution in [2.45, 2.75) is 6.54 Å². The van der Waals surface area contributed by atoms with Gasteiger partial charge < -0.3 is 10.0 Å². The van der Waals surface area contributed by atoms with E-state index in [2.05, 4.69) is 5.10 Å². The largest absolute Gasteiger partial charge is 0.476 e. The van der Waals surface area contributed by atoms with E-state index in [-0.39, 0.29) is 29.6 Å². The zero-order valence-corrected chi connectivity index (χ0v) is 11.6. The van der Waals surface area contributed by atoms with Gasteiger partial charge in [0, 0.05) is 18.2 Å². The fourth-order valence-electron chi connectivity index (χ4n) is 2.38. The molecular weight excluding hydrogens is 286 g/mol. The van der Waals surface area contributed by atoms with Crippen LogP contribution in [0.1, 0.15) is 31.3 Å². The Morgan fingerprint density at radius 2 is 1.91 bits per heavy atom. The standard InChI is InChI=1S/C15H13N3O4/c19-13(10-4-2-1-3-5-10)9-17-6-7-18-12(14(17)20)8-11(16-18)15(21)22/h1-5,8H,6-7,9H2,(H,21,22). The highest BCUT2D eigenvalue weighted by atomic mass is 16.4. The van der Waals surface area contributed by atoms with Crippen LogP contribution in [-0.4, -0.2) is 50.5 Å². The monoisotopic (exact) mass is 299 g/mol. The quantitative estimate of drug-likeness (QED) is 0.847. The molecule has 0 bridgehead atoms. The summed E-state index contributed by atoms with van der Waals surface area (Å²) in [4.78, 5) is 36.8. The van der Waals surface area contributed by atoms with Crippen molar-refractivity contribution in [3.63, 3.8) is 0 Å². The van der Waals surface area contributed by atoms with Crippen molar-refractivity contribution in [2.24, 2.45) is 0 Å². The topological polar surface area (TPSA) is 92.5 Å². The van der Waals surface area contributed by atoms with Crippen molar-refractivity contribution in [3.05, 3.63) is 53.3 Å². The number of hydrogen-bond donors (Lipinski definition) is 1. The first-order valence-corrected chi connectivity index (χ1v) is 6.75. The first kappa shape index (κ1) is 14.0. The van der Waals surface area contributed by atoms with Gasteiger partial charge in [-0.2, -0.15) is 5.10 Å².